The summed E-state index contributed by atoms with van der Waals surface area (Å²) in [5, 5.41) is 3.04. The number of benzene rings is 1. The van der Waals surface area contributed by atoms with Crippen LogP contribution in [-0.2, 0) is 11.2 Å². The van der Waals surface area contributed by atoms with Gasteiger partial charge in [0.25, 0.3) is 0 Å². The Labute approximate surface area is 174 Å². The average molecular weight is 422 g/mol. The standard InChI is InChI=1S/C19H31N3OS.2ClH/c1-3-19(4-2,15-20)18(23)21-17-7-5-16(6-8-17)9-10-22-11-13-24-14-12-22;;/h5-8H,3-4,9-15,20H2,1-2H3,(H,21,23);2*1H. The third kappa shape index (κ3) is 6.93. The van der Waals surface area contributed by atoms with E-state index in [1.165, 1.54) is 30.2 Å². The quantitative estimate of drug-likeness (QED) is 0.669. The van der Waals surface area contributed by atoms with Gasteiger partial charge < -0.3 is 16.0 Å². The van der Waals surface area contributed by atoms with Gasteiger partial charge in [-0.1, -0.05) is 26.0 Å². The predicted molar refractivity (Wildman–Crippen MR) is 119 cm³/mol. The Bertz CT molecular complexity index is 510. The molecule has 1 saturated heterocycles. The lowest BCUT2D eigenvalue weighted by Crippen LogP contribution is -2.41. The zero-order valence-corrected chi connectivity index (χ0v) is 18.3. The largest absolute Gasteiger partial charge is 0.329 e. The van der Waals surface area contributed by atoms with Crippen LogP contribution < -0.4 is 11.1 Å². The number of nitrogens with one attached hydrogen (secondary N) is 1. The molecule has 0 saturated carbocycles. The molecule has 2 rings (SSSR count). The van der Waals surface area contributed by atoms with E-state index in [0.717, 1.165) is 31.5 Å². The normalized spacial score (nSPS) is 14.9. The monoisotopic (exact) mass is 421 g/mol. The first-order valence-corrected chi connectivity index (χ1v) is 10.2. The van der Waals surface area contributed by atoms with E-state index in [2.05, 4.69) is 22.3 Å². The second-order valence-electron chi connectivity index (χ2n) is 6.55. The van der Waals surface area contributed by atoms with Gasteiger partial charge in [0.15, 0.2) is 0 Å². The molecule has 150 valence electrons. The summed E-state index contributed by atoms with van der Waals surface area (Å²) in [6, 6.07) is 8.25. The van der Waals surface area contributed by atoms with Crippen molar-refractivity contribution in [1.29, 1.82) is 0 Å². The van der Waals surface area contributed by atoms with Gasteiger partial charge in [-0.25, -0.2) is 0 Å². The van der Waals surface area contributed by atoms with Crippen LogP contribution in [0.3, 0.4) is 0 Å². The molecule has 4 nitrogen and oxygen atoms in total. The van der Waals surface area contributed by atoms with Crippen molar-refractivity contribution in [2.75, 3.05) is 43.0 Å². The second-order valence-corrected chi connectivity index (χ2v) is 7.77. The molecule has 0 bridgehead atoms. The van der Waals surface area contributed by atoms with Crippen molar-refractivity contribution in [3.05, 3.63) is 29.8 Å². The molecular weight excluding hydrogens is 389 g/mol. The summed E-state index contributed by atoms with van der Waals surface area (Å²) in [5.41, 5.74) is 7.58. The topological polar surface area (TPSA) is 58.4 Å². The van der Waals surface area contributed by atoms with Gasteiger partial charge in [-0.05, 0) is 37.0 Å². The van der Waals surface area contributed by atoms with E-state index in [1.54, 1.807) is 0 Å². The maximum absolute atomic E-state index is 12.5. The van der Waals surface area contributed by atoms with Crippen LogP contribution in [0.2, 0.25) is 0 Å². The van der Waals surface area contributed by atoms with Crippen molar-refractivity contribution in [1.82, 2.24) is 4.90 Å². The molecule has 1 amide bonds. The maximum Gasteiger partial charge on any atom is 0.231 e. The highest BCUT2D eigenvalue weighted by atomic mass is 35.5. The number of thioether (sulfide) groups is 1. The lowest BCUT2D eigenvalue weighted by molar-refractivity contribution is -0.125. The minimum atomic E-state index is -0.453. The highest BCUT2D eigenvalue weighted by Crippen LogP contribution is 2.27. The smallest absolute Gasteiger partial charge is 0.231 e. The minimum absolute atomic E-state index is 0. The molecule has 0 aromatic heterocycles. The number of hydrogen-bond acceptors (Lipinski definition) is 4. The number of halogens is 2. The van der Waals surface area contributed by atoms with Crippen LogP contribution >= 0.6 is 36.6 Å². The molecule has 26 heavy (non-hydrogen) atoms. The van der Waals surface area contributed by atoms with E-state index in [0.29, 0.717) is 6.54 Å². The van der Waals surface area contributed by atoms with E-state index < -0.39 is 5.41 Å². The van der Waals surface area contributed by atoms with Crippen LogP contribution in [0.15, 0.2) is 24.3 Å². The molecule has 1 heterocycles. The first-order chi connectivity index (χ1) is 11.6. The number of anilines is 1. The Morgan fingerprint density at radius 3 is 2.23 bits per heavy atom. The third-order valence-corrected chi connectivity index (χ3v) is 6.20. The molecule has 1 aromatic carbocycles. The Kier molecular flexibility index (Phi) is 12.6. The van der Waals surface area contributed by atoms with Crippen LogP contribution in [0.25, 0.3) is 0 Å². The highest BCUT2D eigenvalue weighted by Gasteiger charge is 2.33. The van der Waals surface area contributed by atoms with Crippen molar-refractivity contribution in [2.45, 2.75) is 33.1 Å². The number of amides is 1. The summed E-state index contributed by atoms with van der Waals surface area (Å²) < 4.78 is 0. The molecule has 1 fully saturated rings. The van der Waals surface area contributed by atoms with Gasteiger partial charge in [0.1, 0.15) is 0 Å². The van der Waals surface area contributed by atoms with Crippen molar-refractivity contribution in [2.24, 2.45) is 11.1 Å². The van der Waals surface area contributed by atoms with Crippen LogP contribution in [-0.4, -0.2) is 48.5 Å². The van der Waals surface area contributed by atoms with Crippen molar-refractivity contribution in [3.63, 3.8) is 0 Å². The predicted octanol–water partition coefficient (Wildman–Crippen LogP) is 3.83. The molecule has 7 heteroatoms. The summed E-state index contributed by atoms with van der Waals surface area (Å²) in [6.07, 6.45) is 2.59. The number of nitrogens with two attached hydrogens (primary N) is 1. The van der Waals surface area contributed by atoms with Crippen LogP contribution in [0.4, 0.5) is 5.69 Å². The van der Waals surface area contributed by atoms with Gasteiger partial charge >= 0.3 is 0 Å². The fourth-order valence-corrected chi connectivity index (χ4v) is 4.06. The summed E-state index contributed by atoms with van der Waals surface area (Å²) in [5.74, 6) is 2.54. The van der Waals surface area contributed by atoms with E-state index in [-0.39, 0.29) is 30.7 Å². The molecule has 0 aliphatic carbocycles. The highest BCUT2D eigenvalue weighted by molar-refractivity contribution is 7.99. The zero-order valence-electron chi connectivity index (χ0n) is 15.8. The van der Waals surface area contributed by atoms with Gasteiger partial charge in [-0.3, -0.25) is 4.79 Å². The average Bonchev–Trinajstić information content (AvgIpc) is 2.64. The lowest BCUT2D eigenvalue weighted by Gasteiger charge is -2.28. The number of hydrogen-bond donors (Lipinski definition) is 2. The van der Waals surface area contributed by atoms with Crippen LogP contribution in [0.1, 0.15) is 32.3 Å². The molecule has 0 spiro atoms. The van der Waals surface area contributed by atoms with E-state index >= 15 is 0 Å². The number of carbonyl (C=O) groups is 1. The molecular formula is C19H33Cl2N3OS. The Balaban J connectivity index is 0.00000312. The molecule has 3 N–H and O–H groups in total. The summed E-state index contributed by atoms with van der Waals surface area (Å²) in [6.45, 7) is 7.96. The second kappa shape index (κ2) is 12.8. The minimum Gasteiger partial charge on any atom is -0.329 e. The van der Waals surface area contributed by atoms with Gasteiger partial charge in [0, 0.05) is 43.4 Å². The molecule has 0 unspecified atom stereocenters. The molecule has 1 aliphatic heterocycles. The fourth-order valence-electron chi connectivity index (χ4n) is 3.08. The van der Waals surface area contributed by atoms with Crippen molar-refractivity contribution in [3.8, 4) is 0 Å². The van der Waals surface area contributed by atoms with E-state index in [9.17, 15) is 4.79 Å². The fraction of sp³-hybridized carbons (Fsp3) is 0.632. The third-order valence-electron chi connectivity index (χ3n) is 5.26. The Hall–Kier alpha value is -0.460. The van der Waals surface area contributed by atoms with Crippen LogP contribution in [0, 0.1) is 5.41 Å². The van der Waals surface area contributed by atoms with E-state index in [1.807, 2.05) is 37.7 Å². The van der Waals surface area contributed by atoms with Gasteiger partial charge in [-0.15, -0.1) is 24.8 Å². The zero-order chi connectivity index (χ0) is 17.4. The van der Waals surface area contributed by atoms with Gasteiger partial charge in [0.2, 0.25) is 5.91 Å². The molecule has 1 aromatic rings. The summed E-state index contributed by atoms with van der Waals surface area (Å²) in [4.78, 5) is 15.1. The molecule has 0 atom stereocenters. The lowest BCUT2D eigenvalue weighted by atomic mass is 9.81. The molecule has 0 radical (unpaired) electrons. The number of rotatable bonds is 8. The first kappa shape index (κ1) is 25.5. The summed E-state index contributed by atoms with van der Waals surface area (Å²) in [7, 11) is 0. The summed E-state index contributed by atoms with van der Waals surface area (Å²) >= 11 is 2.04. The maximum atomic E-state index is 12.5. The van der Waals surface area contributed by atoms with Gasteiger partial charge in [0.05, 0.1) is 5.41 Å². The SMILES string of the molecule is CCC(CC)(CN)C(=O)Nc1ccc(CCN2CCSCC2)cc1.Cl.Cl. The van der Waals surface area contributed by atoms with Crippen molar-refractivity contribution < 1.29 is 4.79 Å². The molecule has 1 aliphatic rings. The first-order valence-electron chi connectivity index (χ1n) is 9.04. The van der Waals surface area contributed by atoms with Gasteiger partial charge in [-0.2, -0.15) is 11.8 Å². The van der Waals surface area contributed by atoms with Crippen LogP contribution in [0.5, 0.6) is 0 Å². The van der Waals surface area contributed by atoms with E-state index in [4.69, 9.17) is 5.73 Å². The Morgan fingerprint density at radius 1 is 1.15 bits per heavy atom. The number of carbonyl (C=O) groups excluding carboxylic acids is 1. The Morgan fingerprint density at radius 2 is 1.73 bits per heavy atom. The van der Waals surface area contributed by atoms with Crippen molar-refractivity contribution >= 4 is 48.2 Å². The number of nitrogens with zero attached hydrogens (tertiary/aromatic N) is 1.